The van der Waals surface area contributed by atoms with Crippen molar-refractivity contribution in [2.45, 2.75) is 13.8 Å². The van der Waals surface area contributed by atoms with E-state index < -0.39 is 30.3 Å². The van der Waals surface area contributed by atoms with E-state index in [4.69, 9.17) is 11.6 Å². The number of carbonyl (C=O) groups is 4. The van der Waals surface area contributed by atoms with Crippen molar-refractivity contribution in [2.75, 3.05) is 18.9 Å². The smallest absolute Gasteiger partial charge is 0.323 e. The number of amides is 5. The van der Waals surface area contributed by atoms with Gasteiger partial charge in [0.1, 0.15) is 6.54 Å². The molecule has 1 aromatic rings. The highest BCUT2D eigenvalue weighted by Crippen LogP contribution is 2.27. The summed E-state index contributed by atoms with van der Waals surface area (Å²) in [5, 5.41) is 2.92. The quantitative estimate of drug-likeness (QED) is 0.671. The van der Waals surface area contributed by atoms with E-state index in [0.717, 1.165) is 11.1 Å². The molecule has 1 aliphatic rings. The first-order chi connectivity index (χ1) is 10.2. The molecule has 0 bridgehead atoms. The lowest BCUT2D eigenvalue weighted by Gasteiger charge is -2.15. The molecule has 1 aliphatic heterocycles. The van der Waals surface area contributed by atoms with E-state index in [1.54, 1.807) is 13.0 Å². The minimum atomic E-state index is -1.02. The van der Waals surface area contributed by atoms with Gasteiger partial charge < -0.3 is 5.32 Å². The Bertz CT molecular complexity index is 678. The van der Waals surface area contributed by atoms with Crippen LogP contribution in [0.2, 0.25) is 5.02 Å². The fraction of sp³-hybridized carbons (Fsp3) is 0.286. The number of imide groups is 2. The van der Waals surface area contributed by atoms with Gasteiger partial charge in [-0.1, -0.05) is 17.7 Å². The SMILES string of the molecule is Cc1cc(C)c(NC(=O)CN2C(=O)C(=O)N(C)C2=O)c(Cl)c1. The third-order valence-corrected chi connectivity index (χ3v) is 3.55. The molecule has 1 aromatic carbocycles. The van der Waals surface area contributed by atoms with E-state index in [1.807, 2.05) is 13.0 Å². The highest BCUT2D eigenvalue weighted by Gasteiger charge is 2.43. The van der Waals surface area contributed by atoms with Crippen molar-refractivity contribution in [3.05, 3.63) is 28.3 Å². The van der Waals surface area contributed by atoms with E-state index in [0.29, 0.717) is 20.5 Å². The number of carbonyl (C=O) groups excluding carboxylic acids is 4. The first-order valence-corrected chi connectivity index (χ1v) is 6.80. The maximum absolute atomic E-state index is 12.0. The Hall–Kier alpha value is -2.41. The Balaban J connectivity index is 2.13. The standard InChI is InChI=1S/C14H14ClN3O4/c1-7-4-8(2)11(9(15)5-7)16-10(19)6-18-13(21)12(20)17(3)14(18)22/h4-5H,6H2,1-3H3,(H,16,19). The fourth-order valence-corrected chi connectivity index (χ4v) is 2.52. The summed E-state index contributed by atoms with van der Waals surface area (Å²) in [6, 6.07) is 2.70. The van der Waals surface area contributed by atoms with Crippen LogP contribution in [0, 0.1) is 13.8 Å². The molecule has 0 aromatic heterocycles. The van der Waals surface area contributed by atoms with Crippen molar-refractivity contribution < 1.29 is 19.2 Å². The zero-order valence-corrected chi connectivity index (χ0v) is 13.0. The van der Waals surface area contributed by atoms with Crippen LogP contribution in [0.15, 0.2) is 12.1 Å². The normalized spacial score (nSPS) is 14.8. The van der Waals surface area contributed by atoms with Crippen LogP contribution in [0.4, 0.5) is 10.5 Å². The summed E-state index contributed by atoms with van der Waals surface area (Å²) >= 11 is 6.07. The number of urea groups is 1. The molecule has 2 rings (SSSR count). The molecule has 0 saturated carbocycles. The number of rotatable bonds is 3. The highest BCUT2D eigenvalue weighted by atomic mass is 35.5. The second-order valence-corrected chi connectivity index (χ2v) is 5.43. The summed E-state index contributed by atoms with van der Waals surface area (Å²) in [6.45, 7) is 3.10. The first kappa shape index (κ1) is 16.0. The molecule has 7 nitrogen and oxygen atoms in total. The highest BCUT2D eigenvalue weighted by molar-refractivity contribution is 6.45. The van der Waals surface area contributed by atoms with Crippen LogP contribution in [0.3, 0.4) is 0 Å². The van der Waals surface area contributed by atoms with Crippen LogP contribution in [0.25, 0.3) is 0 Å². The van der Waals surface area contributed by atoms with Crippen molar-refractivity contribution in [2.24, 2.45) is 0 Å². The Morgan fingerprint density at radius 1 is 1.18 bits per heavy atom. The van der Waals surface area contributed by atoms with Gasteiger partial charge in [0.2, 0.25) is 5.91 Å². The van der Waals surface area contributed by atoms with Crippen LogP contribution < -0.4 is 5.32 Å². The van der Waals surface area contributed by atoms with Gasteiger partial charge in [0.15, 0.2) is 0 Å². The van der Waals surface area contributed by atoms with E-state index in [-0.39, 0.29) is 0 Å². The average molecular weight is 324 g/mol. The Kier molecular flexibility index (Phi) is 4.18. The molecule has 8 heteroatoms. The summed E-state index contributed by atoms with van der Waals surface area (Å²) < 4.78 is 0. The lowest BCUT2D eigenvalue weighted by molar-refractivity contribution is -0.143. The zero-order chi connectivity index (χ0) is 16.6. The molecule has 1 saturated heterocycles. The van der Waals surface area contributed by atoms with Crippen LogP contribution in [-0.4, -0.2) is 47.1 Å². The number of benzene rings is 1. The van der Waals surface area contributed by atoms with Crippen molar-refractivity contribution in [3.8, 4) is 0 Å². The number of nitrogens with zero attached hydrogens (tertiary/aromatic N) is 2. The van der Waals surface area contributed by atoms with Gasteiger partial charge in [-0.05, 0) is 31.0 Å². The van der Waals surface area contributed by atoms with Gasteiger partial charge in [-0.15, -0.1) is 0 Å². The Morgan fingerprint density at radius 3 is 2.32 bits per heavy atom. The molecule has 0 unspecified atom stereocenters. The molecule has 1 N–H and O–H groups in total. The Morgan fingerprint density at radius 2 is 1.82 bits per heavy atom. The number of anilines is 1. The van der Waals surface area contributed by atoms with Gasteiger partial charge in [-0.2, -0.15) is 0 Å². The molecule has 0 spiro atoms. The van der Waals surface area contributed by atoms with Crippen LogP contribution in [-0.2, 0) is 14.4 Å². The molecule has 116 valence electrons. The molecule has 0 aliphatic carbocycles. The van der Waals surface area contributed by atoms with Gasteiger partial charge in [0.05, 0.1) is 10.7 Å². The number of hydrogen-bond donors (Lipinski definition) is 1. The third kappa shape index (κ3) is 2.80. The summed E-state index contributed by atoms with van der Waals surface area (Å²) in [5.41, 5.74) is 2.11. The summed E-state index contributed by atoms with van der Waals surface area (Å²) in [5.74, 6) is -2.59. The Labute approximate surface area is 131 Å². The summed E-state index contributed by atoms with van der Waals surface area (Å²) in [6.07, 6.45) is 0. The molecule has 5 amide bonds. The number of nitrogens with one attached hydrogen (secondary N) is 1. The minimum Gasteiger partial charge on any atom is -0.323 e. The van der Waals surface area contributed by atoms with Gasteiger partial charge in [-0.3, -0.25) is 19.3 Å². The summed E-state index contributed by atoms with van der Waals surface area (Å²) in [7, 11) is 1.18. The van der Waals surface area contributed by atoms with Crippen molar-refractivity contribution in [1.29, 1.82) is 0 Å². The van der Waals surface area contributed by atoms with Crippen molar-refractivity contribution in [1.82, 2.24) is 9.80 Å². The van der Waals surface area contributed by atoms with Crippen LogP contribution >= 0.6 is 11.6 Å². The molecular formula is C14H14ClN3O4. The van der Waals surface area contributed by atoms with Crippen molar-refractivity contribution in [3.63, 3.8) is 0 Å². The molecular weight excluding hydrogens is 310 g/mol. The van der Waals surface area contributed by atoms with Crippen molar-refractivity contribution >= 4 is 41.0 Å². The molecule has 1 heterocycles. The fourth-order valence-electron chi connectivity index (χ4n) is 2.15. The van der Waals surface area contributed by atoms with E-state index in [1.165, 1.54) is 7.05 Å². The lowest BCUT2D eigenvalue weighted by Crippen LogP contribution is -2.38. The lowest BCUT2D eigenvalue weighted by atomic mass is 10.1. The largest absolute Gasteiger partial charge is 0.334 e. The van der Waals surface area contributed by atoms with E-state index in [9.17, 15) is 19.2 Å². The van der Waals surface area contributed by atoms with E-state index in [2.05, 4.69) is 5.32 Å². The number of halogens is 1. The monoisotopic (exact) mass is 323 g/mol. The predicted molar refractivity (Wildman–Crippen MR) is 79.4 cm³/mol. The third-order valence-electron chi connectivity index (χ3n) is 3.25. The number of likely N-dealkylation sites (N-methyl/N-ethyl adjacent to an activating group) is 1. The molecule has 0 atom stereocenters. The summed E-state index contributed by atoms with van der Waals surface area (Å²) in [4.78, 5) is 47.9. The number of aryl methyl sites for hydroxylation is 2. The number of hydrogen-bond acceptors (Lipinski definition) is 4. The molecule has 22 heavy (non-hydrogen) atoms. The average Bonchev–Trinajstić information content (AvgIpc) is 2.61. The maximum Gasteiger partial charge on any atom is 0.334 e. The minimum absolute atomic E-state index is 0.359. The topological polar surface area (TPSA) is 86.8 Å². The van der Waals surface area contributed by atoms with Gasteiger partial charge in [0.25, 0.3) is 0 Å². The molecule has 1 fully saturated rings. The molecule has 0 radical (unpaired) electrons. The first-order valence-electron chi connectivity index (χ1n) is 6.42. The second-order valence-electron chi connectivity index (χ2n) is 5.02. The zero-order valence-electron chi connectivity index (χ0n) is 12.3. The van der Waals surface area contributed by atoms with E-state index >= 15 is 0 Å². The maximum atomic E-state index is 12.0. The van der Waals surface area contributed by atoms with Gasteiger partial charge in [-0.25, -0.2) is 9.69 Å². The predicted octanol–water partition coefficient (Wildman–Crippen LogP) is 1.32. The van der Waals surface area contributed by atoms with Crippen LogP contribution in [0.5, 0.6) is 0 Å². The van der Waals surface area contributed by atoms with Gasteiger partial charge >= 0.3 is 17.8 Å². The van der Waals surface area contributed by atoms with Gasteiger partial charge in [0, 0.05) is 7.05 Å². The van der Waals surface area contributed by atoms with Crippen LogP contribution in [0.1, 0.15) is 11.1 Å². The second kappa shape index (κ2) is 5.76.